The Hall–Kier alpha value is -1.39. The van der Waals surface area contributed by atoms with Gasteiger partial charge in [-0.1, -0.05) is 13.0 Å². The molecule has 0 aliphatic carbocycles. The van der Waals surface area contributed by atoms with E-state index in [1.807, 2.05) is 0 Å². The van der Waals surface area contributed by atoms with Crippen LogP contribution in [0.4, 0.5) is 5.00 Å². The lowest BCUT2D eigenvalue weighted by atomic mass is 10.2. The van der Waals surface area contributed by atoms with Crippen LogP contribution in [0.2, 0.25) is 0 Å². The van der Waals surface area contributed by atoms with Gasteiger partial charge in [0.15, 0.2) is 0 Å². The van der Waals surface area contributed by atoms with Crippen LogP contribution in [0.3, 0.4) is 0 Å². The van der Waals surface area contributed by atoms with Crippen molar-refractivity contribution in [2.45, 2.75) is 20.3 Å². The van der Waals surface area contributed by atoms with E-state index in [-0.39, 0.29) is 0 Å². The molecule has 2 heterocycles. The summed E-state index contributed by atoms with van der Waals surface area (Å²) in [6.45, 7) is 4.25. The van der Waals surface area contributed by atoms with Crippen molar-refractivity contribution in [3.63, 3.8) is 0 Å². The van der Waals surface area contributed by atoms with Crippen LogP contribution in [-0.4, -0.2) is 4.98 Å². The highest BCUT2D eigenvalue weighted by molar-refractivity contribution is 7.22. The second-order valence-corrected chi connectivity index (χ2v) is 6.53. The zero-order valence-electron chi connectivity index (χ0n) is 10.4. The van der Waals surface area contributed by atoms with Crippen LogP contribution in [0, 0.1) is 6.92 Å². The molecule has 2 nitrogen and oxygen atoms in total. The molecule has 0 atom stereocenters. The fourth-order valence-electron chi connectivity index (χ4n) is 1.95. The quantitative estimate of drug-likeness (QED) is 0.748. The maximum Gasteiger partial charge on any atom is 0.127 e. The van der Waals surface area contributed by atoms with Crippen molar-refractivity contribution in [3.05, 3.63) is 34.7 Å². The topological polar surface area (TPSA) is 38.9 Å². The highest BCUT2D eigenvalue weighted by Crippen LogP contribution is 2.38. The minimum Gasteiger partial charge on any atom is -0.390 e. The van der Waals surface area contributed by atoms with Crippen LogP contribution in [0.1, 0.15) is 17.4 Å². The zero-order valence-corrected chi connectivity index (χ0v) is 12.0. The van der Waals surface area contributed by atoms with E-state index in [4.69, 9.17) is 5.73 Å². The summed E-state index contributed by atoms with van der Waals surface area (Å²) in [5.74, 6) is 0. The van der Waals surface area contributed by atoms with E-state index in [9.17, 15) is 0 Å². The Morgan fingerprint density at radius 3 is 2.78 bits per heavy atom. The molecule has 2 aromatic heterocycles. The first kappa shape index (κ1) is 11.7. The van der Waals surface area contributed by atoms with Gasteiger partial charge in [-0.3, -0.25) is 0 Å². The third kappa shape index (κ3) is 1.91. The van der Waals surface area contributed by atoms with Gasteiger partial charge in [0, 0.05) is 10.4 Å². The number of aromatic nitrogens is 1. The van der Waals surface area contributed by atoms with Gasteiger partial charge in [-0.05, 0) is 37.1 Å². The molecule has 2 N–H and O–H groups in total. The van der Waals surface area contributed by atoms with Gasteiger partial charge in [-0.2, -0.15) is 0 Å². The maximum atomic E-state index is 6.09. The third-order valence-corrected chi connectivity index (χ3v) is 5.09. The lowest BCUT2D eigenvalue weighted by molar-refractivity contribution is 1.19. The molecule has 1 aromatic carbocycles. The number of thiophene rings is 1. The van der Waals surface area contributed by atoms with Gasteiger partial charge in [0.25, 0.3) is 0 Å². The molecule has 18 heavy (non-hydrogen) atoms. The number of hydrogen-bond acceptors (Lipinski definition) is 4. The Kier molecular flexibility index (Phi) is 2.84. The smallest absolute Gasteiger partial charge is 0.127 e. The molecule has 0 unspecified atom stereocenters. The second kappa shape index (κ2) is 4.37. The van der Waals surface area contributed by atoms with Crippen LogP contribution < -0.4 is 5.73 Å². The molecule has 0 spiro atoms. The number of fused-ring (bicyclic) bond motifs is 1. The number of thiazole rings is 1. The average molecular weight is 274 g/mol. The van der Waals surface area contributed by atoms with Gasteiger partial charge in [-0.15, -0.1) is 22.7 Å². The largest absolute Gasteiger partial charge is 0.390 e. The van der Waals surface area contributed by atoms with Crippen molar-refractivity contribution >= 4 is 37.9 Å². The second-order valence-electron chi connectivity index (χ2n) is 4.33. The third-order valence-electron chi connectivity index (χ3n) is 2.93. The zero-order chi connectivity index (χ0) is 12.7. The lowest BCUT2D eigenvalue weighted by Gasteiger charge is -1.90. The average Bonchev–Trinajstić information content (AvgIpc) is 2.91. The number of hydrogen-bond donors (Lipinski definition) is 1. The number of aryl methyl sites for hydroxylation is 2. The predicted octanol–water partition coefficient (Wildman–Crippen LogP) is 4.48. The minimum absolute atomic E-state index is 0.877. The molecular weight excluding hydrogens is 260 g/mol. The van der Waals surface area contributed by atoms with Gasteiger partial charge in [0.1, 0.15) is 5.01 Å². The molecule has 3 aromatic rings. The summed E-state index contributed by atoms with van der Waals surface area (Å²) in [5.41, 5.74) is 9.51. The van der Waals surface area contributed by atoms with E-state index in [2.05, 4.69) is 43.1 Å². The van der Waals surface area contributed by atoms with E-state index in [1.54, 1.807) is 22.7 Å². The minimum atomic E-state index is 0.877. The van der Waals surface area contributed by atoms with E-state index < -0.39 is 0 Å². The normalized spacial score (nSPS) is 11.2. The molecule has 0 aliphatic heterocycles. The van der Waals surface area contributed by atoms with Crippen molar-refractivity contribution < 1.29 is 0 Å². The Balaban J connectivity index is 2.15. The molecule has 0 fully saturated rings. The number of nitrogens with two attached hydrogens (primary N) is 1. The van der Waals surface area contributed by atoms with Gasteiger partial charge in [0.05, 0.1) is 15.2 Å². The number of rotatable bonds is 2. The van der Waals surface area contributed by atoms with Crippen LogP contribution >= 0.6 is 22.7 Å². The first-order valence-electron chi connectivity index (χ1n) is 5.93. The summed E-state index contributed by atoms with van der Waals surface area (Å²) in [4.78, 5) is 6.00. The van der Waals surface area contributed by atoms with E-state index >= 15 is 0 Å². The monoisotopic (exact) mass is 274 g/mol. The standard InChI is InChI=1S/C14H14N2S2/c1-3-9-7-10(13(15)17-9)14-16-11-5-4-8(2)6-12(11)18-14/h4-7H,3,15H2,1-2H3. The van der Waals surface area contributed by atoms with E-state index in [1.165, 1.54) is 15.1 Å². The van der Waals surface area contributed by atoms with Gasteiger partial charge >= 0.3 is 0 Å². The molecule has 0 radical (unpaired) electrons. The summed E-state index contributed by atoms with van der Waals surface area (Å²) >= 11 is 3.38. The molecule has 0 saturated carbocycles. The SMILES string of the molecule is CCc1cc(-c2nc3ccc(C)cc3s2)c(N)s1. The van der Waals surface area contributed by atoms with Crippen molar-refractivity contribution in [2.75, 3.05) is 5.73 Å². The molecule has 0 bridgehead atoms. The molecule has 4 heteroatoms. The number of nitrogen functional groups attached to an aromatic ring is 1. The number of anilines is 1. The van der Waals surface area contributed by atoms with Gasteiger partial charge in [-0.25, -0.2) is 4.98 Å². The maximum absolute atomic E-state index is 6.09. The van der Waals surface area contributed by atoms with Gasteiger partial charge in [0.2, 0.25) is 0 Å². The Bertz CT molecular complexity index is 710. The summed E-state index contributed by atoms with van der Waals surface area (Å²) < 4.78 is 1.23. The Labute approximate surface area is 114 Å². The highest BCUT2D eigenvalue weighted by atomic mass is 32.1. The fourth-order valence-corrected chi connectivity index (χ4v) is 3.97. The van der Waals surface area contributed by atoms with Crippen LogP contribution in [0.25, 0.3) is 20.8 Å². The first-order valence-corrected chi connectivity index (χ1v) is 7.56. The molecular formula is C14H14N2S2. The highest BCUT2D eigenvalue weighted by Gasteiger charge is 2.12. The van der Waals surface area contributed by atoms with Crippen molar-refractivity contribution in [1.82, 2.24) is 4.98 Å². The van der Waals surface area contributed by atoms with E-state index in [0.29, 0.717) is 0 Å². The first-order chi connectivity index (χ1) is 8.67. The lowest BCUT2D eigenvalue weighted by Crippen LogP contribution is -1.81. The molecule has 0 amide bonds. The van der Waals surface area contributed by atoms with Crippen LogP contribution in [0.5, 0.6) is 0 Å². The summed E-state index contributed by atoms with van der Waals surface area (Å²) in [6, 6.07) is 8.53. The molecule has 0 aliphatic rings. The molecule has 3 rings (SSSR count). The van der Waals surface area contributed by atoms with Crippen molar-refractivity contribution in [2.24, 2.45) is 0 Å². The Morgan fingerprint density at radius 1 is 1.22 bits per heavy atom. The molecule has 92 valence electrons. The van der Waals surface area contributed by atoms with Crippen LogP contribution in [-0.2, 0) is 6.42 Å². The van der Waals surface area contributed by atoms with Crippen molar-refractivity contribution in [3.8, 4) is 10.6 Å². The van der Waals surface area contributed by atoms with Gasteiger partial charge < -0.3 is 5.73 Å². The number of benzene rings is 1. The fraction of sp³-hybridized carbons (Fsp3) is 0.214. The summed E-state index contributed by atoms with van der Waals surface area (Å²) in [6.07, 6.45) is 1.03. The molecule has 0 saturated heterocycles. The summed E-state index contributed by atoms with van der Waals surface area (Å²) in [7, 11) is 0. The number of nitrogens with zero attached hydrogens (tertiary/aromatic N) is 1. The van der Waals surface area contributed by atoms with E-state index in [0.717, 1.165) is 27.5 Å². The van der Waals surface area contributed by atoms with Crippen molar-refractivity contribution in [1.29, 1.82) is 0 Å². The predicted molar refractivity (Wildman–Crippen MR) is 81.5 cm³/mol. The Morgan fingerprint density at radius 2 is 2.06 bits per heavy atom. The van der Waals surface area contributed by atoms with Crippen LogP contribution in [0.15, 0.2) is 24.3 Å². The summed E-state index contributed by atoms with van der Waals surface area (Å²) in [5, 5.41) is 1.91.